The number of nitrogens with zero attached hydrogens (tertiary/aromatic N) is 3. The summed E-state index contributed by atoms with van der Waals surface area (Å²) < 4.78 is 0. The van der Waals surface area contributed by atoms with Crippen molar-refractivity contribution in [1.29, 1.82) is 10.5 Å². The summed E-state index contributed by atoms with van der Waals surface area (Å²) in [6, 6.07) is 37.8. The van der Waals surface area contributed by atoms with Gasteiger partial charge in [-0.25, -0.2) is 4.98 Å². The first-order valence-electron chi connectivity index (χ1n) is 9.74. The molecule has 0 saturated carbocycles. The molecule has 30 heavy (non-hydrogen) atoms. The molecule has 0 aliphatic heterocycles. The van der Waals surface area contributed by atoms with Crippen LogP contribution >= 0.6 is 0 Å². The molecule has 0 N–H and O–H groups in total. The Balaban J connectivity index is 1.91. The average molecular weight is 385 g/mol. The minimum Gasteiger partial charge on any atom is -0.250 e. The van der Waals surface area contributed by atoms with Crippen molar-refractivity contribution in [1.82, 2.24) is 4.98 Å². The number of benzene rings is 3. The molecule has 142 valence electrons. The van der Waals surface area contributed by atoms with E-state index in [1.807, 2.05) is 103 Å². The van der Waals surface area contributed by atoms with Gasteiger partial charge in [-0.1, -0.05) is 91.0 Å². The zero-order valence-corrected chi connectivity index (χ0v) is 16.4. The highest BCUT2D eigenvalue weighted by Gasteiger charge is 2.35. The zero-order valence-electron chi connectivity index (χ0n) is 16.4. The largest absolute Gasteiger partial charge is 0.250 e. The molecule has 3 aromatic carbocycles. The van der Waals surface area contributed by atoms with Gasteiger partial charge in [0.05, 0.1) is 23.5 Å². The molecule has 3 nitrogen and oxygen atoms in total. The maximum Gasteiger partial charge on any atom is 0.189 e. The maximum absolute atomic E-state index is 10.1. The Morgan fingerprint density at radius 3 is 1.73 bits per heavy atom. The molecule has 0 atom stereocenters. The number of hydrogen-bond donors (Lipinski definition) is 0. The van der Waals surface area contributed by atoms with Crippen LogP contribution in [0.25, 0.3) is 22.4 Å². The third-order valence-electron chi connectivity index (χ3n) is 5.13. The minimum atomic E-state index is -1.38. The van der Waals surface area contributed by atoms with Gasteiger partial charge in [-0.15, -0.1) is 0 Å². The highest BCUT2D eigenvalue weighted by atomic mass is 14.7. The van der Waals surface area contributed by atoms with Gasteiger partial charge in [-0.3, -0.25) is 0 Å². The van der Waals surface area contributed by atoms with Crippen LogP contribution in [0, 0.1) is 22.7 Å². The number of pyridine rings is 1. The molecule has 0 amide bonds. The summed E-state index contributed by atoms with van der Waals surface area (Å²) in [5.41, 5.74) is 3.65. The van der Waals surface area contributed by atoms with E-state index < -0.39 is 5.41 Å². The monoisotopic (exact) mass is 385 g/mol. The van der Waals surface area contributed by atoms with Crippen LogP contribution in [0.3, 0.4) is 0 Å². The fourth-order valence-electron chi connectivity index (χ4n) is 3.51. The van der Waals surface area contributed by atoms with Gasteiger partial charge in [0.25, 0.3) is 0 Å². The summed E-state index contributed by atoms with van der Waals surface area (Å²) in [5.74, 6) is 0. The Labute approximate surface area is 176 Å². The van der Waals surface area contributed by atoms with Crippen LogP contribution in [0.2, 0.25) is 0 Å². The van der Waals surface area contributed by atoms with Crippen molar-refractivity contribution in [3.63, 3.8) is 0 Å². The van der Waals surface area contributed by atoms with Crippen molar-refractivity contribution >= 4 is 0 Å². The van der Waals surface area contributed by atoms with Crippen LogP contribution in [0.1, 0.15) is 11.3 Å². The highest BCUT2D eigenvalue weighted by Crippen LogP contribution is 2.33. The molecular weight excluding hydrogens is 366 g/mol. The van der Waals surface area contributed by atoms with Gasteiger partial charge in [0.2, 0.25) is 0 Å². The van der Waals surface area contributed by atoms with Crippen molar-refractivity contribution in [3.8, 4) is 34.5 Å². The van der Waals surface area contributed by atoms with E-state index in [1.54, 1.807) is 0 Å². The second-order valence-electron chi connectivity index (χ2n) is 7.15. The fraction of sp³-hybridized carbons (Fsp3) is 0.0741. The summed E-state index contributed by atoms with van der Waals surface area (Å²) >= 11 is 0. The molecule has 4 aromatic rings. The number of aromatic nitrogens is 1. The van der Waals surface area contributed by atoms with Crippen molar-refractivity contribution in [2.45, 2.75) is 11.8 Å². The Bertz CT molecular complexity index is 1150. The Morgan fingerprint density at radius 1 is 0.633 bits per heavy atom. The van der Waals surface area contributed by atoms with Gasteiger partial charge < -0.3 is 0 Å². The normalized spacial score (nSPS) is 10.7. The lowest BCUT2D eigenvalue weighted by Gasteiger charge is -2.20. The molecule has 0 bridgehead atoms. The van der Waals surface area contributed by atoms with Gasteiger partial charge in [-0.05, 0) is 28.8 Å². The smallest absolute Gasteiger partial charge is 0.189 e. The van der Waals surface area contributed by atoms with E-state index in [0.29, 0.717) is 5.69 Å². The first kappa shape index (κ1) is 19.1. The van der Waals surface area contributed by atoms with Crippen LogP contribution in [0.4, 0.5) is 0 Å². The molecule has 1 aromatic heterocycles. The van der Waals surface area contributed by atoms with E-state index in [0.717, 1.165) is 27.9 Å². The molecule has 3 heteroatoms. The predicted molar refractivity (Wildman–Crippen MR) is 118 cm³/mol. The lowest BCUT2D eigenvalue weighted by atomic mass is 9.80. The van der Waals surface area contributed by atoms with Gasteiger partial charge in [0.15, 0.2) is 5.41 Å². The van der Waals surface area contributed by atoms with Gasteiger partial charge >= 0.3 is 0 Å². The van der Waals surface area contributed by atoms with Crippen LogP contribution in [0.15, 0.2) is 103 Å². The van der Waals surface area contributed by atoms with Crippen LogP contribution in [0.5, 0.6) is 0 Å². The van der Waals surface area contributed by atoms with E-state index in [9.17, 15) is 10.5 Å². The quantitative estimate of drug-likeness (QED) is 0.427. The zero-order chi connectivity index (χ0) is 20.8. The number of hydrogen-bond acceptors (Lipinski definition) is 3. The molecule has 0 spiro atoms. The molecular formula is C27H19N3. The van der Waals surface area contributed by atoms with Gasteiger partial charge in [0, 0.05) is 12.0 Å². The van der Waals surface area contributed by atoms with Crippen molar-refractivity contribution in [2.75, 3.05) is 0 Å². The maximum atomic E-state index is 10.1. The Morgan fingerprint density at radius 2 is 1.17 bits per heavy atom. The van der Waals surface area contributed by atoms with Gasteiger partial charge in [0.1, 0.15) is 0 Å². The number of rotatable bonds is 5. The van der Waals surface area contributed by atoms with E-state index in [4.69, 9.17) is 4.98 Å². The minimum absolute atomic E-state index is 0.278. The SMILES string of the molecule is N#CC(C#N)(Cc1ccccc1)c1cc(-c2ccccc2)cc(-c2ccccc2)n1. The first-order valence-corrected chi connectivity index (χ1v) is 9.74. The van der Waals surface area contributed by atoms with Gasteiger partial charge in [-0.2, -0.15) is 10.5 Å². The van der Waals surface area contributed by atoms with Crippen LogP contribution in [-0.4, -0.2) is 4.98 Å². The Hall–Kier alpha value is -4.21. The third-order valence-corrected chi connectivity index (χ3v) is 5.13. The molecule has 1 heterocycles. The third kappa shape index (κ3) is 3.83. The molecule has 0 fully saturated rings. The summed E-state index contributed by atoms with van der Waals surface area (Å²) in [5, 5.41) is 20.2. The lowest BCUT2D eigenvalue weighted by Crippen LogP contribution is -2.26. The van der Waals surface area contributed by atoms with E-state index in [2.05, 4.69) is 12.1 Å². The lowest BCUT2D eigenvalue weighted by molar-refractivity contribution is 0.671. The van der Waals surface area contributed by atoms with E-state index >= 15 is 0 Å². The molecule has 0 radical (unpaired) electrons. The molecule has 0 aliphatic rings. The second kappa shape index (κ2) is 8.43. The first-order chi connectivity index (χ1) is 14.7. The molecule has 0 unspecified atom stereocenters. The fourth-order valence-corrected chi connectivity index (χ4v) is 3.51. The second-order valence-corrected chi connectivity index (χ2v) is 7.15. The standard InChI is InChI=1S/C27H19N3/c28-19-27(20-29,18-21-10-4-1-5-11-21)26-17-24(22-12-6-2-7-13-22)16-25(30-26)23-14-8-3-9-15-23/h1-17H,18H2. The summed E-state index contributed by atoms with van der Waals surface area (Å²) in [4.78, 5) is 4.79. The van der Waals surface area contributed by atoms with Crippen molar-refractivity contribution in [2.24, 2.45) is 0 Å². The van der Waals surface area contributed by atoms with E-state index in [1.165, 1.54) is 0 Å². The Kier molecular flexibility index (Phi) is 5.37. The summed E-state index contributed by atoms with van der Waals surface area (Å²) in [6.07, 6.45) is 0.278. The van der Waals surface area contributed by atoms with Crippen molar-refractivity contribution in [3.05, 3.63) is 114 Å². The van der Waals surface area contributed by atoms with E-state index in [-0.39, 0.29) is 6.42 Å². The summed E-state index contributed by atoms with van der Waals surface area (Å²) in [7, 11) is 0. The highest BCUT2D eigenvalue weighted by molar-refractivity contribution is 5.72. The number of nitriles is 2. The van der Waals surface area contributed by atoms with Crippen LogP contribution < -0.4 is 0 Å². The molecule has 0 aliphatic carbocycles. The predicted octanol–water partition coefficient (Wildman–Crippen LogP) is 5.94. The summed E-state index contributed by atoms with van der Waals surface area (Å²) in [6.45, 7) is 0. The topological polar surface area (TPSA) is 60.5 Å². The van der Waals surface area contributed by atoms with Crippen LogP contribution in [-0.2, 0) is 11.8 Å². The average Bonchev–Trinajstić information content (AvgIpc) is 2.84. The van der Waals surface area contributed by atoms with Crippen molar-refractivity contribution < 1.29 is 0 Å². The molecule has 4 rings (SSSR count). The molecule has 0 saturated heterocycles.